The van der Waals surface area contributed by atoms with E-state index in [1.54, 1.807) is 0 Å². The van der Waals surface area contributed by atoms with E-state index < -0.39 is 31.2 Å². The third kappa shape index (κ3) is 9.08. The van der Waals surface area contributed by atoms with E-state index in [1.807, 2.05) is 0 Å². The normalized spacial score (nSPS) is 12.4. The van der Waals surface area contributed by atoms with E-state index in [2.05, 4.69) is 9.47 Å². The Morgan fingerprint density at radius 2 is 1.29 bits per heavy atom. The lowest BCUT2D eigenvalue weighted by molar-refractivity contribution is -0.0808. The molecule has 0 saturated heterocycles. The average Bonchev–Trinajstić information content (AvgIpc) is 1.94. The number of ether oxygens (including phenoxy) is 2. The molecule has 14 heavy (non-hydrogen) atoms. The lowest BCUT2D eigenvalue weighted by Gasteiger charge is -2.13. The lowest BCUT2D eigenvalue weighted by atomic mass is 10.4. The van der Waals surface area contributed by atoms with Crippen LogP contribution in [0.15, 0.2) is 0 Å². The van der Waals surface area contributed by atoms with E-state index in [9.17, 15) is 22.4 Å². The molecule has 0 aliphatic carbocycles. The summed E-state index contributed by atoms with van der Waals surface area (Å²) in [6, 6.07) is 0. The molecule has 0 N–H and O–H groups in total. The zero-order valence-corrected chi connectivity index (χ0v) is 7.65. The fraction of sp³-hybridized carbons (Fsp3) is 0.857. The van der Waals surface area contributed by atoms with Gasteiger partial charge in [0, 0.05) is 13.8 Å². The molecule has 0 radical (unpaired) electrons. The summed E-state index contributed by atoms with van der Waals surface area (Å²) in [7, 11) is 0. The number of hydrogen-bond acceptors (Lipinski definition) is 3. The first-order chi connectivity index (χ1) is 6.10. The van der Waals surface area contributed by atoms with Crippen LogP contribution in [-0.4, -0.2) is 31.2 Å². The van der Waals surface area contributed by atoms with Gasteiger partial charge < -0.3 is 9.47 Å². The van der Waals surface area contributed by atoms with Gasteiger partial charge in [0.05, 0.1) is 0 Å². The van der Waals surface area contributed by atoms with E-state index in [-0.39, 0.29) is 0 Å². The van der Waals surface area contributed by atoms with Gasteiger partial charge in [0.1, 0.15) is 0 Å². The van der Waals surface area contributed by atoms with E-state index >= 15 is 0 Å². The summed E-state index contributed by atoms with van der Waals surface area (Å²) in [6.45, 7) is -1.34. The molecule has 0 aromatic heterocycles. The van der Waals surface area contributed by atoms with Crippen LogP contribution in [0, 0.1) is 0 Å². The molecule has 0 bridgehead atoms. The minimum absolute atomic E-state index is 0.523. The highest BCUT2D eigenvalue weighted by Crippen LogP contribution is 2.14. The fourth-order valence-electron chi connectivity index (χ4n) is 0.413. The average molecular weight is 218 g/mol. The highest BCUT2D eigenvalue weighted by atomic mass is 19.3. The summed E-state index contributed by atoms with van der Waals surface area (Å²) in [4.78, 5) is 10.4. The largest absolute Gasteiger partial charge is 0.508 e. The summed E-state index contributed by atoms with van der Waals surface area (Å²) < 4.78 is 56.0. The quantitative estimate of drug-likeness (QED) is 0.537. The van der Waals surface area contributed by atoms with Crippen LogP contribution >= 0.6 is 0 Å². The Kier molecular flexibility index (Phi) is 4.15. The first kappa shape index (κ1) is 13.0. The topological polar surface area (TPSA) is 35.5 Å². The second-order valence-electron chi connectivity index (χ2n) is 2.97. The van der Waals surface area contributed by atoms with Crippen LogP contribution in [0.1, 0.15) is 13.8 Å². The standard InChI is InChI=1S/C7H10F4O3/c1-6(8,9)3-13-5(12)14-4-7(2,10)11/h3-4H2,1-2H3. The third-order valence-corrected chi connectivity index (χ3v) is 0.887. The molecule has 0 amide bonds. The van der Waals surface area contributed by atoms with Crippen molar-refractivity contribution in [2.24, 2.45) is 0 Å². The smallest absolute Gasteiger partial charge is 0.428 e. The van der Waals surface area contributed by atoms with Crippen LogP contribution in [0.4, 0.5) is 22.4 Å². The molecular weight excluding hydrogens is 208 g/mol. The van der Waals surface area contributed by atoms with Crippen LogP contribution in [-0.2, 0) is 9.47 Å². The Morgan fingerprint density at radius 3 is 1.50 bits per heavy atom. The summed E-state index contributed by atoms with van der Waals surface area (Å²) >= 11 is 0. The van der Waals surface area contributed by atoms with Crippen LogP contribution in [0.3, 0.4) is 0 Å². The molecule has 0 aliphatic rings. The molecule has 0 aliphatic heterocycles. The van der Waals surface area contributed by atoms with Crippen molar-refractivity contribution in [2.45, 2.75) is 25.7 Å². The Morgan fingerprint density at radius 1 is 1.00 bits per heavy atom. The highest BCUT2D eigenvalue weighted by Gasteiger charge is 2.27. The highest BCUT2D eigenvalue weighted by molar-refractivity contribution is 5.59. The molecule has 0 unspecified atom stereocenters. The number of hydrogen-bond donors (Lipinski definition) is 0. The number of rotatable bonds is 4. The number of halogens is 4. The number of alkyl halides is 4. The molecule has 0 aromatic rings. The van der Waals surface area contributed by atoms with Gasteiger partial charge >= 0.3 is 6.16 Å². The lowest BCUT2D eigenvalue weighted by Crippen LogP contribution is -2.26. The first-order valence-electron chi connectivity index (χ1n) is 3.65. The Hall–Kier alpha value is -1.01. The minimum atomic E-state index is -3.20. The summed E-state index contributed by atoms with van der Waals surface area (Å²) in [5, 5.41) is 0. The molecule has 0 aromatic carbocycles. The molecule has 7 heteroatoms. The molecule has 3 nitrogen and oxygen atoms in total. The van der Waals surface area contributed by atoms with Gasteiger partial charge in [-0.3, -0.25) is 0 Å². The van der Waals surface area contributed by atoms with Crippen molar-refractivity contribution in [3.63, 3.8) is 0 Å². The van der Waals surface area contributed by atoms with Gasteiger partial charge in [-0.15, -0.1) is 0 Å². The van der Waals surface area contributed by atoms with Gasteiger partial charge in [-0.2, -0.15) is 0 Å². The molecule has 0 atom stereocenters. The maximum Gasteiger partial charge on any atom is 0.508 e. The van der Waals surface area contributed by atoms with E-state index in [4.69, 9.17) is 0 Å². The van der Waals surface area contributed by atoms with Gasteiger partial charge in [-0.05, 0) is 0 Å². The van der Waals surface area contributed by atoms with Gasteiger partial charge in [0.2, 0.25) is 0 Å². The first-order valence-corrected chi connectivity index (χ1v) is 3.65. The van der Waals surface area contributed by atoms with Gasteiger partial charge in [0.25, 0.3) is 11.8 Å². The maximum absolute atomic E-state index is 12.1. The van der Waals surface area contributed by atoms with E-state index in [0.29, 0.717) is 13.8 Å². The fourth-order valence-corrected chi connectivity index (χ4v) is 0.413. The minimum Gasteiger partial charge on any atom is -0.428 e. The summed E-state index contributed by atoms with van der Waals surface area (Å²) in [5.41, 5.74) is 0. The van der Waals surface area contributed by atoms with Crippen molar-refractivity contribution in [1.82, 2.24) is 0 Å². The summed E-state index contributed by atoms with van der Waals surface area (Å²) in [6.07, 6.45) is -1.53. The molecule has 0 rings (SSSR count). The van der Waals surface area contributed by atoms with Crippen molar-refractivity contribution in [1.29, 1.82) is 0 Å². The van der Waals surface area contributed by atoms with Gasteiger partial charge in [-0.1, -0.05) is 0 Å². The maximum atomic E-state index is 12.1. The van der Waals surface area contributed by atoms with Crippen LogP contribution in [0.2, 0.25) is 0 Å². The predicted octanol–water partition coefficient (Wildman–Crippen LogP) is 2.45. The molecule has 0 heterocycles. The zero-order chi connectivity index (χ0) is 11.4. The summed E-state index contributed by atoms with van der Waals surface area (Å²) in [5.74, 6) is -6.40. The second kappa shape index (κ2) is 4.47. The Balaban J connectivity index is 3.68. The monoisotopic (exact) mass is 218 g/mol. The van der Waals surface area contributed by atoms with Crippen molar-refractivity contribution >= 4 is 6.16 Å². The van der Waals surface area contributed by atoms with Crippen molar-refractivity contribution < 1.29 is 31.8 Å². The second-order valence-corrected chi connectivity index (χ2v) is 2.97. The Labute approximate surface area is 78.0 Å². The molecule has 0 fully saturated rings. The number of carbonyl (C=O) groups is 1. The van der Waals surface area contributed by atoms with E-state index in [1.165, 1.54) is 0 Å². The Bertz CT molecular complexity index is 174. The number of carbonyl (C=O) groups excluding carboxylic acids is 1. The predicted molar refractivity (Wildman–Crippen MR) is 38.5 cm³/mol. The van der Waals surface area contributed by atoms with Crippen LogP contribution in [0.5, 0.6) is 0 Å². The molecule has 0 saturated carbocycles. The van der Waals surface area contributed by atoms with Gasteiger partial charge in [0.15, 0.2) is 13.2 Å². The van der Waals surface area contributed by atoms with Crippen LogP contribution < -0.4 is 0 Å². The SMILES string of the molecule is CC(F)(F)COC(=O)OCC(C)(F)F. The molecule has 0 spiro atoms. The molecular formula is C7H10F4O3. The van der Waals surface area contributed by atoms with Crippen molar-refractivity contribution in [3.8, 4) is 0 Å². The molecule has 84 valence electrons. The van der Waals surface area contributed by atoms with E-state index in [0.717, 1.165) is 0 Å². The van der Waals surface area contributed by atoms with Crippen LogP contribution in [0.25, 0.3) is 0 Å². The zero-order valence-electron chi connectivity index (χ0n) is 7.65. The third-order valence-electron chi connectivity index (χ3n) is 0.887. The van der Waals surface area contributed by atoms with Crippen molar-refractivity contribution in [3.05, 3.63) is 0 Å². The van der Waals surface area contributed by atoms with Crippen molar-refractivity contribution in [2.75, 3.05) is 13.2 Å². The van der Waals surface area contributed by atoms with Gasteiger partial charge in [-0.25, -0.2) is 22.4 Å².